The molecular formula is C13H17ClN4O2. The van der Waals surface area contributed by atoms with Crippen molar-refractivity contribution < 1.29 is 4.52 Å². The van der Waals surface area contributed by atoms with Crippen LogP contribution in [0.5, 0.6) is 0 Å². The molecule has 0 bridgehead atoms. The number of hydrogen-bond acceptors (Lipinski definition) is 5. The molecule has 20 heavy (non-hydrogen) atoms. The van der Waals surface area contributed by atoms with E-state index in [9.17, 15) is 4.79 Å². The van der Waals surface area contributed by atoms with Gasteiger partial charge >= 0.3 is 0 Å². The number of aromatic nitrogens is 3. The Labute approximate surface area is 121 Å². The lowest BCUT2D eigenvalue weighted by molar-refractivity contribution is 0.392. The monoisotopic (exact) mass is 296 g/mol. The Bertz CT molecular complexity index is 658. The summed E-state index contributed by atoms with van der Waals surface area (Å²) in [6, 6.07) is -0.0857. The van der Waals surface area contributed by atoms with E-state index in [-0.39, 0.29) is 16.6 Å². The molecule has 0 fully saturated rings. The Hall–Kier alpha value is -1.82. The van der Waals surface area contributed by atoms with Crippen LogP contribution in [0.2, 0.25) is 5.02 Å². The summed E-state index contributed by atoms with van der Waals surface area (Å²) in [6.07, 6.45) is 1.56. The molecule has 2 heterocycles. The summed E-state index contributed by atoms with van der Waals surface area (Å²) < 4.78 is 6.45. The zero-order valence-electron chi connectivity index (χ0n) is 11.9. The zero-order chi connectivity index (χ0) is 14.9. The largest absolute Gasteiger partial charge is 0.376 e. The number of nitrogens with one attached hydrogen (secondary N) is 1. The van der Waals surface area contributed by atoms with Gasteiger partial charge in [-0.25, -0.2) is 4.68 Å². The van der Waals surface area contributed by atoms with E-state index in [0.717, 1.165) is 17.0 Å². The zero-order valence-corrected chi connectivity index (χ0v) is 12.7. The molecule has 0 aliphatic carbocycles. The molecule has 0 aliphatic heterocycles. The number of nitrogens with zero attached hydrogens (tertiary/aromatic N) is 3. The van der Waals surface area contributed by atoms with Crippen LogP contribution in [0.3, 0.4) is 0 Å². The third kappa shape index (κ3) is 2.56. The molecule has 1 atom stereocenters. The van der Waals surface area contributed by atoms with Gasteiger partial charge in [0.15, 0.2) is 0 Å². The van der Waals surface area contributed by atoms with E-state index < -0.39 is 0 Å². The second-order valence-electron chi connectivity index (χ2n) is 4.60. The number of halogens is 1. The molecule has 6 nitrogen and oxygen atoms in total. The van der Waals surface area contributed by atoms with E-state index in [2.05, 4.69) is 15.6 Å². The lowest BCUT2D eigenvalue weighted by atomic mass is 10.1. The molecule has 2 rings (SSSR count). The molecule has 0 aromatic carbocycles. The van der Waals surface area contributed by atoms with Crippen LogP contribution in [-0.2, 0) is 6.54 Å². The van der Waals surface area contributed by atoms with Gasteiger partial charge in [0.25, 0.3) is 5.56 Å². The van der Waals surface area contributed by atoms with Gasteiger partial charge in [0.1, 0.15) is 10.8 Å². The Morgan fingerprint density at radius 1 is 1.50 bits per heavy atom. The Balaban J connectivity index is 2.31. The van der Waals surface area contributed by atoms with Crippen LogP contribution in [0.25, 0.3) is 0 Å². The van der Waals surface area contributed by atoms with Gasteiger partial charge in [-0.15, -0.1) is 0 Å². The number of anilines is 1. The summed E-state index contributed by atoms with van der Waals surface area (Å²) >= 11 is 6.09. The fourth-order valence-corrected chi connectivity index (χ4v) is 2.41. The van der Waals surface area contributed by atoms with Crippen LogP contribution in [0.4, 0.5) is 5.69 Å². The van der Waals surface area contributed by atoms with Gasteiger partial charge in [-0.3, -0.25) is 4.79 Å². The third-order valence-corrected chi connectivity index (χ3v) is 3.54. The second kappa shape index (κ2) is 5.66. The topological polar surface area (TPSA) is 73.0 Å². The number of rotatable bonds is 4. The maximum Gasteiger partial charge on any atom is 0.287 e. The van der Waals surface area contributed by atoms with Crippen LogP contribution >= 0.6 is 11.6 Å². The summed E-state index contributed by atoms with van der Waals surface area (Å²) in [5, 5.41) is 11.3. The van der Waals surface area contributed by atoms with Crippen molar-refractivity contribution in [3.63, 3.8) is 0 Å². The third-order valence-electron chi connectivity index (χ3n) is 3.18. The van der Waals surface area contributed by atoms with E-state index in [4.69, 9.17) is 16.1 Å². The molecule has 0 amide bonds. The molecule has 0 aliphatic rings. The SMILES string of the molecule is CCn1ncc(NC(C)c2c(C)noc2C)c(Cl)c1=O. The summed E-state index contributed by atoms with van der Waals surface area (Å²) in [7, 11) is 0. The van der Waals surface area contributed by atoms with Crippen molar-refractivity contribution >= 4 is 17.3 Å². The first-order chi connectivity index (χ1) is 9.45. The summed E-state index contributed by atoms with van der Waals surface area (Å²) in [4.78, 5) is 11.9. The average Bonchev–Trinajstić information content (AvgIpc) is 2.75. The standard InChI is InChI=1S/C13H17ClN4O2/c1-5-18-13(19)12(14)10(6-15-18)16-7(2)11-8(3)17-20-9(11)4/h6-7,16H,5H2,1-4H3. The van der Waals surface area contributed by atoms with Crippen molar-refractivity contribution in [1.82, 2.24) is 14.9 Å². The minimum Gasteiger partial charge on any atom is -0.376 e. The van der Waals surface area contributed by atoms with Gasteiger partial charge in [0, 0.05) is 12.1 Å². The summed E-state index contributed by atoms with van der Waals surface area (Å²) in [5.41, 5.74) is 1.98. The second-order valence-corrected chi connectivity index (χ2v) is 4.97. The van der Waals surface area contributed by atoms with Gasteiger partial charge in [-0.05, 0) is 27.7 Å². The molecule has 0 spiro atoms. The van der Waals surface area contributed by atoms with Crippen molar-refractivity contribution in [3.05, 3.63) is 38.6 Å². The van der Waals surface area contributed by atoms with Crippen LogP contribution in [0.1, 0.15) is 36.9 Å². The fraction of sp³-hybridized carbons (Fsp3) is 0.462. The first-order valence-electron chi connectivity index (χ1n) is 6.40. The molecule has 1 unspecified atom stereocenters. The molecule has 0 radical (unpaired) electrons. The maximum atomic E-state index is 11.9. The van der Waals surface area contributed by atoms with Gasteiger partial charge in [-0.1, -0.05) is 16.8 Å². The van der Waals surface area contributed by atoms with E-state index >= 15 is 0 Å². The van der Waals surface area contributed by atoms with Crippen molar-refractivity contribution in [2.75, 3.05) is 5.32 Å². The molecule has 0 saturated heterocycles. The highest BCUT2D eigenvalue weighted by Gasteiger charge is 2.18. The smallest absolute Gasteiger partial charge is 0.287 e. The van der Waals surface area contributed by atoms with E-state index in [1.54, 1.807) is 6.20 Å². The van der Waals surface area contributed by atoms with Crippen LogP contribution in [0, 0.1) is 13.8 Å². The lowest BCUT2D eigenvalue weighted by Gasteiger charge is -2.16. The molecule has 0 saturated carbocycles. The van der Waals surface area contributed by atoms with Crippen molar-refractivity contribution in [3.8, 4) is 0 Å². The Morgan fingerprint density at radius 2 is 2.20 bits per heavy atom. The molecule has 7 heteroatoms. The van der Waals surface area contributed by atoms with Crippen molar-refractivity contribution in [2.45, 2.75) is 40.3 Å². The summed E-state index contributed by atoms with van der Waals surface area (Å²) in [6.45, 7) is 8.00. The van der Waals surface area contributed by atoms with Gasteiger partial charge in [0.2, 0.25) is 0 Å². The molecular weight excluding hydrogens is 280 g/mol. The van der Waals surface area contributed by atoms with E-state index in [1.807, 2.05) is 27.7 Å². The van der Waals surface area contributed by atoms with Crippen molar-refractivity contribution in [2.24, 2.45) is 0 Å². The number of aryl methyl sites for hydroxylation is 3. The first-order valence-corrected chi connectivity index (χ1v) is 6.78. The highest BCUT2D eigenvalue weighted by Crippen LogP contribution is 2.26. The molecule has 1 N–H and O–H groups in total. The normalized spacial score (nSPS) is 12.4. The Morgan fingerprint density at radius 3 is 2.75 bits per heavy atom. The quantitative estimate of drug-likeness (QED) is 0.939. The van der Waals surface area contributed by atoms with Crippen LogP contribution < -0.4 is 10.9 Å². The maximum absolute atomic E-state index is 11.9. The fourth-order valence-electron chi connectivity index (χ4n) is 2.20. The van der Waals surface area contributed by atoms with Crippen LogP contribution in [-0.4, -0.2) is 14.9 Å². The Kier molecular flexibility index (Phi) is 4.13. The van der Waals surface area contributed by atoms with Crippen molar-refractivity contribution in [1.29, 1.82) is 0 Å². The first kappa shape index (κ1) is 14.6. The van der Waals surface area contributed by atoms with Crippen LogP contribution in [0.15, 0.2) is 15.5 Å². The predicted octanol–water partition coefficient (Wildman–Crippen LogP) is 2.69. The minimum absolute atomic E-state index is 0.0857. The highest BCUT2D eigenvalue weighted by atomic mass is 35.5. The molecule has 2 aromatic heterocycles. The lowest BCUT2D eigenvalue weighted by Crippen LogP contribution is -2.24. The predicted molar refractivity (Wildman–Crippen MR) is 77.2 cm³/mol. The number of hydrogen-bond donors (Lipinski definition) is 1. The van der Waals surface area contributed by atoms with Gasteiger partial charge < -0.3 is 9.84 Å². The minimum atomic E-state index is -0.301. The van der Waals surface area contributed by atoms with E-state index in [1.165, 1.54) is 4.68 Å². The highest BCUT2D eigenvalue weighted by molar-refractivity contribution is 6.32. The average molecular weight is 297 g/mol. The van der Waals surface area contributed by atoms with E-state index in [0.29, 0.717) is 12.2 Å². The van der Waals surface area contributed by atoms with Gasteiger partial charge in [0.05, 0.1) is 23.6 Å². The molecule has 2 aromatic rings. The molecule has 108 valence electrons. The van der Waals surface area contributed by atoms with Gasteiger partial charge in [-0.2, -0.15) is 5.10 Å². The summed E-state index contributed by atoms with van der Waals surface area (Å²) in [5.74, 6) is 0.744.